The topological polar surface area (TPSA) is 370 Å². The maximum atomic E-state index is 13.4. The number of benzene rings is 2. The molecule has 0 aromatic heterocycles. The Morgan fingerprint density at radius 3 is 1.28 bits per heavy atom. The van der Waals surface area contributed by atoms with Crippen LogP contribution >= 0.6 is 0 Å². The van der Waals surface area contributed by atoms with Crippen molar-refractivity contribution in [2.75, 3.05) is 165 Å². The molecule has 0 fully saturated rings. The van der Waals surface area contributed by atoms with Gasteiger partial charge in [-0.1, -0.05) is 6.07 Å². The van der Waals surface area contributed by atoms with Gasteiger partial charge in [-0.15, -0.1) is 0 Å². The summed E-state index contributed by atoms with van der Waals surface area (Å²) < 4.78 is 69.0. The molecule has 2 rings (SSSR count). The lowest BCUT2D eigenvalue weighted by Crippen LogP contribution is -2.45. The van der Waals surface area contributed by atoms with Crippen molar-refractivity contribution in [2.45, 2.75) is 65.4 Å². The van der Waals surface area contributed by atoms with Gasteiger partial charge in [-0.3, -0.25) is 38.7 Å². The molecule has 1 unspecified atom stereocenters. The second kappa shape index (κ2) is 39.3. The number of nitrogens with zero attached hydrogens (tertiary/aromatic N) is 3. The number of hydrogen-bond donors (Lipinski definition) is 7. The van der Waals surface area contributed by atoms with Crippen LogP contribution < -0.4 is 19.9 Å². The van der Waals surface area contributed by atoms with Crippen LogP contribution in [0.2, 0.25) is 0 Å². The van der Waals surface area contributed by atoms with E-state index >= 15 is 0 Å². The first-order valence-corrected chi connectivity index (χ1v) is 26.2. The smallest absolute Gasteiger partial charge is 0.327 e. The highest BCUT2D eigenvalue weighted by Gasteiger charge is 2.23. The Balaban J connectivity index is 2.27. The minimum atomic E-state index is -1.30. The Labute approximate surface area is 471 Å². The Morgan fingerprint density at radius 1 is 0.469 bits per heavy atom. The minimum absolute atomic E-state index is 0.00401. The number of carboxylic acids is 4. The average molecular weight is 1160 g/mol. The molecule has 0 heterocycles. The van der Waals surface area contributed by atoms with Gasteiger partial charge in [0, 0.05) is 26.2 Å². The molecule has 0 spiro atoms. The fourth-order valence-corrected chi connectivity index (χ4v) is 6.84. The lowest BCUT2D eigenvalue weighted by molar-refractivity contribution is -0.148. The molecule has 2 aromatic carbocycles. The number of rotatable bonds is 47. The van der Waals surface area contributed by atoms with E-state index in [1.54, 1.807) is 12.1 Å². The van der Waals surface area contributed by atoms with Crippen molar-refractivity contribution >= 4 is 35.8 Å². The Bertz CT molecular complexity index is 2120. The third-order valence-corrected chi connectivity index (χ3v) is 10.5. The summed E-state index contributed by atoms with van der Waals surface area (Å²) in [5.74, 6) is -7.19. The van der Waals surface area contributed by atoms with Crippen LogP contribution in [0.5, 0.6) is 28.7 Å². The molecular weight excluding hydrogens is 1080 g/mol. The van der Waals surface area contributed by atoms with E-state index in [-0.39, 0.29) is 139 Å². The molecule has 2 aromatic rings. The van der Waals surface area contributed by atoms with Crippen molar-refractivity contribution in [3.8, 4) is 28.7 Å². The highest BCUT2D eigenvalue weighted by atomic mass is 16.6. The van der Waals surface area contributed by atoms with Gasteiger partial charge in [-0.2, -0.15) is 0 Å². The normalized spacial score (nSPS) is 12.2. The van der Waals surface area contributed by atoms with Gasteiger partial charge in [0.05, 0.1) is 123 Å². The van der Waals surface area contributed by atoms with Crippen LogP contribution in [0.1, 0.15) is 58.7 Å². The minimum Gasteiger partial charge on any atom is -0.504 e. The number of ether oxygens (including phenoxy) is 12. The molecule has 81 heavy (non-hydrogen) atoms. The molecular formula is C53H84N4O24. The van der Waals surface area contributed by atoms with Crippen LogP contribution in [0.3, 0.4) is 0 Å². The number of nitrogens with two attached hydrogens (primary N) is 1. The summed E-state index contributed by atoms with van der Waals surface area (Å²) in [6.07, 6.45) is 0. The maximum Gasteiger partial charge on any atom is 0.327 e. The number of carbonyl (C=O) groups excluding carboxylic acids is 2. The third-order valence-electron chi connectivity index (χ3n) is 10.5. The number of phenols is 2. The number of aromatic hydroxyl groups is 2. The standard InChI is InChI=1S/C53H84N4O24/c1-52(2,3)80-27-21-72-15-13-70-17-23-75-42-29-38(37-79-48(68)36-57(35-47(66)67)12-10-55(32-44(60)61)9-11-56(33-45(62)63)34-46(64)65)30-43(76-24-18-71-14-16-73-22-28-81-53(4,5)6)50(42)77-25-19-74-20-26-78-51(69)49(54)39-7-8-40(58)41(59)31-39/h7-8,29-31,49,58-59H,9-28,32-37,54H2,1-6H3,(H,60,61)(H,62,63)(H,64,65)(H,66,67). The van der Waals surface area contributed by atoms with E-state index in [2.05, 4.69) is 0 Å². The molecule has 460 valence electrons. The van der Waals surface area contributed by atoms with Gasteiger partial charge in [-0.25, -0.2) is 4.79 Å². The number of phenolic OH excluding ortho intramolecular Hbond substituents is 2. The van der Waals surface area contributed by atoms with Gasteiger partial charge in [0.25, 0.3) is 0 Å². The van der Waals surface area contributed by atoms with Crippen molar-refractivity contribution in [3.05, 3.63) is 41.5 Å². The first kappa shape index (κ1) is 70.9. The van der Waals surface area contributed by atoms with E-state index in [1.807, 2.05) is 41.5 Å². The summed E-state index contributed by atoms with van der Waals surface area (Å²) >= 11 is 0. The second-order valence-corrected chi connectivity index (χ2v) is 19.8. The van der Waals surface area contributed by atoms with Gasteiger partial charge in [0.15, 0.2) is 23.0 Å². The zero-order chi connectivity index (χ0) is 60.2. The zero-order valence-electron chi connectivity index (χ0n) is 47.3. The van der Waals surface area contributed by atoms with Crippen LogP contribution in [0.15, 0.2) is 30.3 Å². The summed E-state index contributed by atoms with van der Waals surface area (Å²) in [5.41, 5.74) is 5.93. The highest BCUT2D eigenvalue weighted by molar-refractivity contribution is 5.78. The molecule has 0 amide bonds. The molecule has 0 bridgehead atoms. The number of carbonyl (C=O) groups is 6. The zero-order valence-corrected chi connectivity index (χ0v) is 47.3. The van der Waals surface area contributed by atoms with Crippen molar-refractivity contribution in [1.29, 1.82) is 0 Å². The third kappa shape index (κ3) is 35.3. The van der Waals surface area contributed by atoms with Crippen LogP contribution in [0.4, 0.5) is 0 Å². The summed E-state index contributed by atoms with van der Waals surface area (Å²) in [7, 11) is 0. The maximum absolute atomic E-state index is 13.4. The van der Waals surface area contributed by atoms with Gasteiger partial charge in [0.1, 0.15) is 39.1 Å². The first-order valence-electron chi connectivity index (χ1n) is 26.2. The predicted molar refractivity (Wildman–Crippen MR) is 286 cm³/mol. The average Bonchev–Trinajstić information content (AvgIpc) is 3.37. The van der Waals surface area contributed by atoms with Crippen LogP contribution in [-0.4, -0.2) is 257 Å². The summed E-state index contributed by atoms with van der Waals surface area (Å²) in [4.78, 5) is 75.8. The van der Waals surface area contributed by atoms with Crippen molar-refractivity contribution in [2.24, 2.45) is 5.73 Å². The second-order valence-electron chi connectivity index (χ2n) is 19.8. The molecule has 0 saturated heterocycles. The quantitative estimate of drug-likeness (QED) is 0.0280. The molecule has 0 saturated carbocycles. The van der Waals surface area contributed by atoms with Crippen molar-refractivity contribution < 1.29 is 116 Å². The lowest BCUT2D eigenvalue weighted by Gasteiger charge is -2.27. The van der Waals surface area contributed by atoms with E-state index in [9.17, 15) is 59.4 Å². The molecule has 28 nitrogen and oxygen atoms in total. The van der Waals surface area contributed by atoms with Crippen molar-refractivity contribution in [1.82, 2.24) is 14.7 Å². The lowest BCUT2D eigenvalue weighted by atomic mass is 10.1. The number of carboxylic acid groups (broad SMARTS) is 4. The Kier molecular flexibility index (Phi) is 34.4. The molecule has 1 atom stereocenters. The fraction of sp³-hybridized carbons (Fsp3) is 0.660. The monoisotopic (exact) mass is 1160 g/mol. The number of hydrogen-bond acceptors (Lipinski definition) is 24. The van der Waals surface area contributed by atoms with Gasteiger partial charge in [0.2, 0.25) is 5.75 Å². The Hall–Kier alpha value is -6.18. The molecule has 0 aliphatic carbocycles. The predicted octanol–water partition coefficient (Wildman–Crippen LogP) is 1.48. The fourth-order valence-electron chi connectivity index (χ4n) is 6.84. The molecule has 28 heteroatoms. The molecule has 0 radical (unpaired) electrons. The molecule has 8 N–H and O–H groups in total. The highest BCUT2D eigenvalue weighted by Crippen LogP contribution is 2.39. The van der Waals surface area contributed by atoms with E-state index in [4.69, 9.17) is 62.6 Å². The molecule has 0 aliphatic heterocycles. The Morgan fingerprint density at radius 2 is 0.852 bits per heavy atom. The van der Waals surface area contributed by atoms with Crippen molar-refractivity contribution in [3.63, 3.8) is 0 Å². The van der Waals surface area contributed by atoms with Crippen LogP contribution in [0, 0.1) is 0 Å². The summed E-state index contributed by atoms with van der Waals surface area (Å²) in [6.45, 7) is 10.4. The van der Waals surface area contributed by atoms with Crippen LogP contribution in [0.25, 0.3) is 0 Å². The van der Waals surface area contributed by atoms with E-state index in [1.165, 1.54) is 21.9 Å². The van der Waals surface area contributed by atoms with E-state index in [0.717, 1.165) is 11.0 Å². The van der Waals surface area contributed by atoms with Gasteiger partial charge < -0.3 is 93.2 Å². The van der Waals surface area contributed by atoms with E-state index in [0.29, 0.717) is 45.2 Å². The number of aliphatic carboxylic acids is 4. The first-order chi connectivity index (χ1) is 38.3. The summed E-state index contributed by atoms with van der Waals surface area (Å²) in [6, 6.07) is 5.56. The largest absolute Gasteiger partial charge is 0.504 e. The van der Waals surface area contributed by atoms with Gasteiger partial charge in [-0.05, 0) is 76.9 Å². The van der Waals surface area contributed by atoms with E-state index < -0.39 is 80.3 Å². The SMILES string of the molecule is CC(C)(C)OCCOCCOCCOc1cc(COC(=O)CN(CCN(CCN(CC(=O)O)CC(=O)O)CC(=O)O)CC(=O)O)cc(OCCOCCOCCOC(C)(C)C)c1OCCOCCOC(=O)C(N)c1ccc(O)c(O)c1. The molecule has 0 aliphatic rings. The van der Waals surface area contributed by atoms with Crippen LogP contribution in [-0.2, 0) is 78.0 Å². The number of esters is 2. The summed E-state index contributed by atoms with van der Waals surface area (Å²) in [5, 5.41) is 57.0. The van der Waals surface area contributed by atoms with Gasteiger partial charge >= 0.3 is 35.8 Å².